The first-order valence-electron chi connectivity index (χ1n) is 41.6. The predicted molar refractivity (Wildman–Crippen MR) is 506 cm³/mol. The van der Waals surface area contributed by atoms with Gasteiger partial charge in [0.1, 0.15) is 0 Å². The van der Waals surface area contributed by atoms with Crippen LogP contribution in [0.5, 0.6) is 0 Å². The Kier molecular flexibility index (Phi) is 85.9. The van der Waals surface area contributed by atoms with Crippen molar-refractivity contribution in [3.63, 3.8) is 0 Å². The number of rotatable bonds is 43. The molecule has 0 N–H and O–H groups in total. The van der Waals surface area contributed by atoms with Crippen LogP contribution in [0.4, 0.5) is 0 Å². The van der Waals surface area contributed by atoms with E-state index in [1.165, 1.54) is 117 Å². The summed E-state index contributed by atoms with van der Waals surface area (Å²) in [5.74, 6) is 0. The summed E-state index contributed by atoms with van der Waals surface area (Å²) in [6, 6.07) is 19.4. The zero-order valence-corrected chi connectivity index (χ0v) is 90.9. The SMILES string of the molecule is CC[Si](CC)(CC)CCCOC.CC[Si](CC)(CC)CCOC.COCC(C)[Si](C)(C)C.COCCC(C)[Si](C)(C)C.COCCC[Si](C)(C)C.COCCC[Si](C)(C)C(C)(C)C.COCCC[Si](C)(C)C(C)C.COCC[Si](C)(C)C.COCC[Si](C)(C)C(C)(C)C.COCC[Si](C)(C)C(C)C. The van der Waals surface area contributed by atoms with Gasteiger partial charge in [-0.2, -0.15) is 0 Å². The summed E-state index contributed by atoms with van der Waals surface area (Å²) in [6.45, 7) is 99.8. The molecule has 0 saturated carbocycles. The maximum atomic E-state index is 5.14. The smallest absolute Gasteiger partial charge is 0.0550 e. The van der Waals surface area contributed by atoms with E-state index in [2.05, 4.69) is 256 Å². The van der Waals surface area contributed by atoms with Gasteiger partial charge < -0.3 is 47.4 Å². The van der Waals surface area contributed by atoms with Crippen LogP contribution in [-0.2, 0) is 47.4 Å². The average molecular weight is 1650 g/mol. The number of hydrogen-bond donors (Lipinski definition) is 0. The molecule has 2 atom stereocenters. The van der Waals surface area contributed by atoms with Crippen LogP contribution in [-0.4, -0.2) is 218 Å². The van der Waals surface area contributed by atoms with Gasteiger partial charge in [-0.15, -0.1) is 0 Å². The summed E-state index contributed by atoms with van der Waals surface area (Å²) in [5.41, 5.74) is 3.44. The molecule has 0 heterocycles. The Balaban J connectivity index is -0.000000117. The second kappa shape index (κ2) is 70.4. The van der Waals surface area contributed by atoms with Crippen molar-refractivity contribution >= 4 is 80.7 Å². The van der Waals surface area contributed by atoms with Crippen LogP contribution in [0.3, 0.4) is 0 Å². The topological polar surface area (TPSA) is 92.3 Å². The first-order valence-corrected chi connectivity index (χ1v) is 74.8. The molecule has 0 fully saturated rings. The fraction of sp³-hybridized carbons (Fsp3) is 1.00. The van der Waals surface area contributed by atoms with Gasteiger partial charge >= 0.3 is 0 Å². The first kappa shape index (κ1) is 126. The molecule has 0 aromatic rings. The minimum atomic E-state index is -1.05. The van der Waals surface area contributed by atoms with E-state index < -0.39 is 80.7 Å². The van der Waals surface area contributed by atoms with E-state index >= 15 is 0 Å². The minimum absolute atomic E-state index is 0.505. The Morgan fingerprint density at radius 2 is 0.505 bits per heavy atom. The van der Waals surface area contributed by atoms with E-state index in [1.54, 1.807) is 71.1 Å². The van der Waals surface area contributed by atoms with Gasteiger partial charge in [0.2, 0.25) is 0 Å². The molecule has 20 heteroatoms. The lowest BCUT2D eigenvalue weighted by atomic mass is 10.2. The fourth-order valence-electron chi connectivity index (χ4n) is 9.23. The molecule has 0 aliphatic rings. The van der Waals surface area contributed by atoms with Crippen molar-refractivity contribution in [2.75, 3.05) is 137 Å². The van der Waals surface area contributed by atoms with Crippen molar-refractivity contribution < 1.29 is 47.4 Å². The molecule has 0 aromatic carbocycles. The molecular formula is C83H206O10Si10. The van der Waals surface area contributed by atoms with Crippen molar-refractivity contribution in [3.8, 4) is 0 Å². The number of hydrogen-bond acceptors (Lipinski definition) is 10. The van der Waals surface area contributed by atoms with E-state index in [4.69, 9.17) is 47.4 Å². The lowest BCUT2D eigenvalue weighted by Crippen LogP contribution is -2.37. The normalized spacial score (nSPS) is 13.1. The third-order valence-electron chi connectivity index (χ3n) is 24.2. The third-order valence-corrected chi connectivity index (χ3v) is 66.4. The highest BCUT2D eigenvalue weighted by molar-refractivity contribution is 6.82. The molecule has 10 nitrogen and oxygen atoms in total. The summed E-state index contributed by atoms with van der Waals surface area (Å²) in [7, 11) is 8.86. The molecule has 0 amide bonds. The minimum Gasteiger partial charge on any atom is -0.385 e. The Morgan fingerprint density at radius 1 is 0.252 bits per heavy atom. The maximum absolute atomic E-state index is 5.14. The van der Waals surface area contributed by atoms with Crippen molar-refractivity contribution in [1.29, 1.82) is 0 Å². The van der Waals surface area contributed by atoms with Gasteiger partial charge in [-0.3, -0.25) is 0 Å². The molecule has 0 rings (SSSR count). The Morgan fingerprint density at radius 3 is 0.757 bits per heavy atom. The molecule has 0 radical (unpaired) electrons. The second-order valence-electron chi connectivity index (χ2n) is 39.9. The van der Waals surface area contributed by atoms with Crippen LogP contribution in [0.25, 0.3) is 0 Å². The van der Waals surface area contributed by atoms with Gasteiger partial charge in [0.05, 0.1) is 40.4 Å². The van der Waals surface area contributed by atoms with Gasteiger partial charge in [0.25, 0.3) is 0 Å². The van der Waals surface area contributed by atoms with Crippen LogP contribution in [0.1, 0.15) is 157 Å². The third kappa shape index (κ3) is 84.5. The largest absolute Gasteiger partial charge is 0.385 e. The molecule has 0 saturated heterocycles. The standard InChI is InChI=1S/2C10H24OSi.3C9H22OSi.2C8H20OSi.2C7H18OSi.C6H16OSi/c1-10(2,3)12(5,6)9-7-8-11-4;1-5-12(6-2,7-3)10-8-9-11-4;1-9(2,3)11(5,6)8-7-10-4;1-9(2)11(4,5)8-6-7-10-3;1-5-11(6-2,7-3)9-8-10-4;1-8(6-7-9-2)10(3,4)5;1-8(2)10(4,5)7-6-9-3;1-7(6-8-2)9(3,4)5;1-8-6-5-7-9(2,3)4;1-7-5-6-8(2,3)4/h7-9H2,1-6H3;5-10H2,1-4H3;7-8H2,1-6H3;9H,6-8H2,1-5H3;5-9H2,1-4H3;2*8H,6-7H2,1-5H3;7H,6H2,1-5H3;5-7H2,1-4H3;5-6H2,1-4H3. The summed E-state index contributed by atoms with van der Waals surface area (Å²) < 4.78 is 50.5. The van der Waals surface area contributed by atoms with Gasteiger partial charge in [-0.1, -0.05) is 327 Å². The Bertz CT molecular complexity index is 1680. The Hall–Kier alpha value is 1.77. The molecule has 0 aromatic heterocycles. The van der Waals surface area contributed by atoms with Gasteiger partial charge in [-0.25, -0.2) is 0 Å². The first-order chi connectivity index (χ1) is 46.7. The quantitative estimate of drug-likeness (QED) is 0.0434. The van der Waals surface area contributed by atoms with Crippen LogP contribution in [0.15, 0.2) is 0 Å². The highest BCUT2D eigenvalue weighted by atomic mass is 28.3. The van der Waals surface area contributed by atoms with E-state index in [0.717, 1.165) is 88.2 Å². The molecule has 0 aliphatic carbocycles. The van der Waals surface area contributed by atoms with E-state index in [9.17, 15) is 0 Å². The highest BCUT2D eigenvalue weighted by Gasteiger charge is 2.35. The monoisotopic (exact) mass is 1640 g/mol. The van der Waals surface area contributed by atoms with Crippen LogP contribution < -0.4 is 0 Å². The maximum Gasteiger partial charge on any atom is 0.0550 e. The van der Waals surface area contributed by atoms with E-state index in [0.29, 0.717) is 10.1 Å². The highest BCUT2D eigenvalue weighted by Crippen LogP contribution is 2.40. The summed E-state index contributed by atoms with van der Waals surface area (Å²) in [4.78, 5) is 0. The van der Waals surface area contributed by atoms with Crippen LogP contribution >= 0.6 is 0 Å². The Labute approximate surface area is 665 Å². The van der Waals surface area contributed by atoms with Gasteiger partial charge in [-0.05, 0) is 77.4 Å². The second-order valence-corrected chi connectivity index (χ2v) is 96.6. The lowest BCUT2D eigenvalue weighted by molar-refractivity contribution is 0.193. The van der Waals surface area contributed by atoms with Gasteiger partial charge in [0, 0.05) is 178 Å². The average Bonchev–Trinajstić information content (AvgIpc) is 0.851. The molecule has 0 bridgehead atoms. The van der Waals surface area contributed by atoms with Crippen LogP contribution in [0.2, 0.25) is 248 Å². The van der Waals surface area contributed by atoms with Crippen molar-refractivity contribution in [1.82, 2.24) is 0 Å². The summed E-state index contributed by atoms with van der Waals surface area (Å²) in [5, 5.41) is 1.03. The molecule has 2 unspecified atom stereocenters. The molecule has 0 spiro atoms. The van der Waals surface area contributed by atoms with Gasteiger partial charge in [0.15, 0.2) is 0 Å². The van der Waals surface area contributed by atoms with Crippen molar-refractivity contribution in [3.05, 3.63) is 0 Å². The predicted octanol–water partition coefficient (Wildman–Crippen LogP) is 28.7. The van der Waals surface area contributed by atoms with Crippen molar-refractivity contribution in [2.45, 2.75) is 405 Å². The fourth-order valence-corrected chi connectivity index (χ4v) is 25.7. The molecule has 638 valence electrons. The zero-order chi connectivity index (χ0) is 83.9. The molecule has 103 heavy (non-hydrogen) atoms. The summed E-state index contributed by atoms with van der Waals surface area (Å²) in [6.07, 6.45) is 6.22. The number of methoxy groups -OCH3 is 10. The van der Waals surface area contributed by atoms with E-state index in [-0.39, 0.29) is 0 Å². The molecular weight excluding hydrogens is 1440 g/mol. The van der Waals surface area contributed by atoms with Crippen LogP contribution in [0, 0.1) is 0 Å². The van der Waals surface area contributed by atoms with E-state index in [1.807, 2.05) is 0 Å². The lowest BCUT2D eigenvalue weighted by Gasteiger charge is -2.37. The number of ether oxygens (including phenoxy) is 10. The van der Waals surface area contributed by atoms with Crippen molar-refractivity contribution in [2.24, 2.45) is 0 Å². The summed E-state index contributed by atoms with van der Waals surface area (Å²) >= 11 is 0. The molecule has 0 aliphatic heterocycles. The zero-order valence-electron chi connectivity index (χ0n) is 80.9.